The van der Waals surface area contributed by atoms with E-state index in [1.54, 1.807) is 13.0 Å². The third-order valence-corrected chi connectivity index (χ3v) is 3.57. The molecule has 2 heterocycles. The molecule has 6 nitrogen and oxygen atoms in total. The van der Waals surface area contributed by atoms with Crippen molar-refractivity contribution >= 4 is 23.0 Å². The molecular weight excluding hydrogens is 286 g/mol. The minimum atomic E-state index is -0.517. The number of esters is 1. The lowest BCUT2D eigenvalue weighted by atomic mass is 9.99. The summed E-state index contributed by atoms with van der Waals surface area (Å²) in [4.78, 5) is 29.3. The van der Waals surface area contributed by atoms with E-state index in [0.717, 1.165) is 5.56 Å². The number of rotatable bonds is 5. The highest BCUT2D eigenvalue weighted by atomic mass is 16.7. The van der Waals surface area contributed by atoms with Gasteiger partial charge in [-0.1, -0.05) is 0 Å². The van der Waals surface area contributed by atoms with Crippen molar-refractivity contribution in [1.29, 1.82) is 0 Å². The van der Waals surface area contributed by atoms with E-state index in [2.05, 4.69) is 0 Å². The number of carbonyl (C=O) groups excluding carboxylic acids is 2. The minimum absolute atomic E-state index is 0.0118. The Bertz CT molecular complexity index is 650. The Kier molecular flexibility index (Phi) is 4.40. The number of hydrogen-bond donors (Lipinski definition) is 0. The van der Waals surface area contributed by atoms with E-state index in [0.29, 0.717) is 17.0 Å². The lowest BCUT2D eigenvalue weighted by molar-refractivity contribution is -0.133. The molecular formula is C16H19NO5. The number of Topliss-reactive ketones (excluding diaryl/α,β-unsaturated/α-hetero) is 1. The van der Waals surface area contributed by atoms with Crippen molar-refractivity contribution in [3.05, 3.63) is 29.5 Å². The zero-order valence-electron chi connectivity index (χ0n) is 13.3. The first-order valence-electron chi connectivity index (χ1n) is 6.84. The molecule has 0 saturated carbocycles. The third-order valence-electron chi connectivity index (χ3n) is 3.57. The standard InChI is InChI=1S/C16H19NO5/c1-9-6-12-7-13(14(8-20-4)16(19)21-5)15(9)22-17(12)10(2)11(3)18/h6-8,10H,1-5H3. The highest BCUT2D eigenvalue weighted by Crippen LogP contribution is 2.41. The molecule has 0 N–H and O–H groups in total. The molecule has 0 aliphatic carbocycles. The maximum Gasteiger partial charge on any atom is 0.341 e. The Morgan fingerprint density at radius 1 is 1.32 bits per heavy atom. The second-order valence-corrected chi connectivity index (χ2v) is 5.10. The van der Waals surface area contributed by atoms with Gasteiger partial charge in [0.05, 0.1) is 26.2 Å². The van der Waals surface area contributed by atoms with Gasteiger partial charge in [-0.05, 0) is 38.5 Å². The minimum Gasteiger partial charge on any atom is -0.503 e. The van der Waals surface area contributed by atoms with Crippen molar-refractivity contribution < 1.29 is 23.9 Å². The van der Waals surface area contributed by atoms with Crippen molar-refractivity contribution in [3.63, 3.8) is 0 Å². The van der Waals surface area contributed by atoms with Crippen molar-refractivity contribution in [2.45, 2.75) is 26.8 Å². The van der Waals surface area contributed by atoms with Crippen LogP contribution >= 0.6 is 0 Å². The predicted molar refractivity (Wildman–Crippen MR) is 81.4 cm³/mol. The van der Waals surface area contributed by atoms with E-state index in [4.69, 9.17) is 14.3 Å². The van der Waals surface area contributed by atoms with Gasteiger partial charge in [0, 0.05) is 5.56 Å². The smallest absolute Gasteiger partial charge is 0.341 e. The summed E-state index contributed by atoms with van der Waals surface area (Å²) in [5, 5.41) is 1.54. The molecule has 0 saturated heterocycles. The molecule has 1 unspecified atom stereocenters. The summed E-state index contributed by atoms with van der Waals surface area (Å²) in [5.41, 5.74) is 2.41. The molecule has 2 aliphatic heterocycles. The molecule has 1 aromatic rings. The van der Waals surface area contributed by atoms with Crippen molar-refractivity contribution in [1.82, 2.24) is 0 Å². The van der Waals surface area contributed by atoms with Gasteiger partial charge in [-0.3, -0.25) is 4.79 Å². The Morgan fingerprint density at radius 3 is 2.50 bits per heavy atom. The number of methoxy groups -OCH3 is 2. The van der Waals surface area contributed by atoms with Crippen LogP contribution in [-0.4, -0.2) is 32.0 Å². The molecule has 1 aromatic carbocycles. The van der Waals surface area contributed by atoms with Crippen LogP contribution in [0.1, 0.15) is 25.0 Å². The van der Waals surface area contributed by atoms with Gasteiger partial charge >= 0.3 is 5.97 Å². The van der Waals surface area contributed by atoms with Gasteiger partial charge in [0.1, 0.15) is 11.6 Å². The number of ether oxygens (including phenoxy) is 2. The molecule has 0 aromatic heterocycles. The second kappa shape index (κ2) is 6.09. The van der Waals surface area contributed by atoms with E-state index in [9.17, 15) is 9.59 Å². The summed E-state index contributed by atoms with van der Waals surface area (Å²) >= 11 is 0. The van der Waals surface area contributed by atoms with Gasteiger partial charge in [-0.25, -0.2) is 4.79 Å². The summed E-state index contributed by atoms with van der Waals surface area (Å²) in [6.07, 6.45) is 1.32. The van der Waals surface area contributed by atoms with Crippen LogP contribution in [0.5, 0.6) is 5.75 Å². The van der Waals surface area contributed by atoms with Crippen LogP contribution in [0.2, 0.25) is 0 Å². The van der Waals surface area contributed by atoms with Crippen LogP contribution in [0.25, 0.3) is 5.57 Å². The maximum atomic E-state index is 11.9. The average molecular weight is 305 g/mol. The molecule has 0 fully saturated rings. The summed E-state index contributed by atoms with van der Waals surface area (Å²) < 4.78 is 9.75. The lowest BCUT2D eigenvalue weighted by Gasteiger charge is -2.35. The molecule has 118 valence electrons. The number of aryl methyl sites for hydroxylation is 1. The first-order chi connectivity index (χ1) is 10.4. The molecule has 0 radical (unpaired) electrons. The van der Waals surface area contributed by atoms with Crippen molar-refractivity contribution in [2.75, 3.05) is 19.3 Å². The molecule has 3 rings (SSSR count). The number of nitrogens with zero attached hydrogens (tertiary/aromatic N) is 1. The van der Waals surface area contributed by atoms with Gasteiger partial charge in [-0.15, -0.1) is 0 Å². The molecule has 22 heavy (non-hydrogen) atoms. The van der Waals surface area contributed by atoms with Crippen molar-refractivity contribution in [2.24, 2.45) is 0 Å². The number of ketones is 1. The predicted octanol–water partition coefficient (Wildman–Crippen LogP) is 2.25. The van der Waals surface area contributed by atoms with Gasteiger partial charge in [0.2, 0.25) is 0 Å². The maximum absolute atomic E-state index is 11.9. The molecule has 1 atom stereocenters. The normalized spacial score (nSPS) is 14.4. The average Bonchev–Trinajstić information content (AvgIpc) is 2.50. The van der Waals surface area contributed by atoms with Crippen LogP contribution in [-0.2, 0) is 19.1 Å². The van der Waals surface area contributed by atoms with Crippen LogP contribution in [0.3, 0.4) is 0 Å². The Morgan fingerprint density at radius 2 is 2.00 bits per heavy atom. The Hall–Kier alpha value is -2.50. The summed E-state index contributed by atoms with van der Waals surface area (Å²) in [6, 6.07) is 3.27. The first kappa shape index (κ1) is 15.9. The quantitative estimate of drug-likeness (QED) is 0.472. The van der Waals surface area contributed by atoms with Gasteiger partial charge < -0.3 is 14.3 Å². The topological polar surface area (TPSA) is 65.1 Å². The summed E-state index contributed by atoms with van der Waals surface area (Å²) in [7, 11) is 2.76. The molecule has 0 amide bonds. The summed E-state index contributed by atoms with van der Waals surface area (Å²) in [6.45, 7) is 5.15. The zero-order chi connectivity index (χ0) is 16.4. The molecule has 0 spiro atoms. The highest BCUT2D eigenvalue weighted by molar-refractivity contribution is 6.17. The highest BCUT2D eigenvalue weighted by Gasteiger charge is 2.31. The van der Waals surface area contributed by atoms with Crippen LogP contribution in [0.15, 0.2) is 18.4 Å². The SMILES string of the molecule is COC=C(C(=O)OC)c1cc2cc(C)c1ON2C(C)C(C)=O. The Balaban J connectivity index is 2.51. The number of fused-ring (bicyclic) bond motifs is 3. The number of hydroxylamine groups is 1. The number of hydrogen-bond acceptors (Lipinski definition) is 6. The van der Waals surface area contributed by atoms with Gasteiger partial charge in [0.25, 0.3) is 0 Å². The molecule has 2 bridgehead atoms. The van der Waals surface area contributed by atoms with Gasteiger partial charge in [-0.2, -0.15) is 5.06 Å². The fraction of sp³-hybridized carbons (Fsp3) is 0.375. The van der Waals surface area contributed by atoms with E-state index in [-0.39, 0.29) is 11.4 Å². The third kappa shape index (κ3) is 2.64. The molecule has 6 heteroatoms. The monoisotopic (exact) mass is 305 g/mol. The zero-order valence-corrected chi connectivity index (χ0v) is 13.3. The lowest BCUT2D eigenvalue weighted by Crippen LogP contribution is -2.43. The fourth-order valence-electron chi connectivity index (χ4n) is 2.27. The van der Waals surface area contributed by atoms with Crippen LogP contribution in [0, 0.1) is 6.92 Å². The second-order valence-electron chi connectivity index (χ2n) is 5.10. The van der Waals surface area contributed by atoms with E-state index >= 15 is 0 Å². The molecule has 2 aliphatic rings. The van der Waals surface area contributed by atoms with Crippen molar-refractivity contribution in [3.8, 4) is 5.75 Å². The largest absolute Gasteiger partial charge is 0.503 e. The number of benzene rings is 1. The first-order valence-corrected chi connectivity index (χ1v) is 6.84. The van der Waals surface area contributed by atoms with E-state index in [1.807, 2.05) is 13.0 Å². The summed E-state index contributed by atoms with van der Waals surface area (Å²) in [5.74, 6) is -0.0182. The Labute approximate surface area is 129 Å². The van der Waals surface area contributed by atoms with E-state index < -0.39 is 12.0 Å². The van der Waals surface area contributed by atoms with Crippen LogP contribution < -0.4 is 9.90 Å². The number of anilines is 1. The van der Waals surface area contributed by atoms with Crippen LogP contribution in [0.4, 0.5) is 5.69 Å². The van der Waals surface area contributed by atoms with Gasteiger partial charge in [0.15, 0.2) is 11.5 Å². The van der Waals surface area contributed by atoms with E-state index in [1.165, 1.54) is 32.5 Å². The number of carbonyl (C=O) groups is 2. The fourth-order valence-corrected chi connectivity index (χ4v) is 2.27.